The van der Waals surface area contributed by atoms with Crippen LogP contribution in [0, 0.1) is 10.1 Å². The molecule has 0 aliphatic carbocycles. The summed E-state index contributed by atoms with van der Waals surface area (Å²) in [5, 5.41) is 14.0. The molecule has 29 heavy (non-hydrogen) atoms. The van der Waals surface area contributed by atoms with Crippen molar-refractivity contribution in [1.82, 2.24) is 19.3 Å². The number of alkyl halides is 2. The van der Waals surface area contributed by atoms with Gasteiger partial charge in [0.25, 0.3) is 0 Å². The van der Waals surface area contributed by atoms with Gasteiger partial charge in [-0.2, -0.15) is 0 Å². The number of imidazole rings is 1. The maximum absolute atomic E-state index is 13.5. The molecule has 10 nitrogen and oxygen atoms in total. The van der Waals surface area contributed by atoms with E-state index in [9.17, 15) is 14.7 Å². The van der Waals surface area contributed by atoms with E-state index in [2.05, 4.69) is 31.2 Å². The number of rotatable bonds is 14. The van der Waals surface area contributed by atoms with Crippen molar-refractivity contribution in [2.75, 3.05) is 59.1 Å². The molecule has 1 aromatic rings. The van der Waals surface area contributed by atoms with Gasteiger partial charge in [0.1, 0.15) is 18.5 Å². The van der Waals surface area contributed by atoms with Gasteiger partial charge in [-0.1, -0.05) is 4.98 Å². The molecule has 14 heteroatoms. The largest absolute Gasteiger partial charge is 1.00 e. The van der Waals surface area contributed by atoms with Gasteiger partial charge in [0, 0.05) is 37.8 Å². The third kappa shape index (κ3) is 9.77. The summed E-state index contributed by atoms with van der Waals surface area (Å²) in [6.45, 7) is 1.95. The van der Waals surface area contributed by atoms with E-state index < -0.39 is 12.6 Å². The maximum Gasteiger partial charge on any atom is 0.434 e. The van der Waals surface area contributed by atoms with Crippen LogP contribution in [0.5, 0.6) is 0 Å². The molecular weight excluding hydrogens is 557 g/mol. The van der Waals surface area contributed by atoms with E-state index in [1.165, 1.54) is 17.8 Å². The monoisotopic (exact) mass is 586 g/mol. The van der Waals surface area contributed by atoms with Crippen molar-refractivity contribution in [1.29, 1.82) is 0 Å². The highest BCUT2D eigenvalue weighted by atomic mass is 127. The Kier molecular flexibility index (Phi) is 13.4. The Morgan fingerprint density at radius 2 is 1.93 bits per heavy atom. The van der Waals surface area contributed by atoms with Gasteiger partial charge in [-0.05, 0) is 4.92 Å². The summed E-state index contributed by atoms with van der Waals surface area (Å²) in [5.74, 6) is 0.229. The lowest BCUT2D eigenvalue weighted by Gasteiger charge is -2.31. The average molecular weight is 587 g/mol. The Hall–Kier alpha value is -0.0100. The first-order valence-corrected chi connectivity index (χ1v) is 11.5. The van der Waals surface area contributed by atoms with Gasteiger partial charge in [-0.3, -0.25) is 9.09 Å². The Morgan fingerprint density at radius 1 is 1.34 bits per heavy atom. The van der Waals surface area contributed by atoms with E-state index in [4.69, 9.17) is 27.7 Å². The van der Waals surface area contributed by atoms with Gasteiger partial charge in [0.2, 0.25) is 0 Å². The van der Waals surface area contributed by atoms with Crippen molar-refractivity contribution in [2.24, 2.45) is 7.05 Å². The Balaban J connectivity index is 0.00000784. The van der Waals surface area contributed by atoms with Gasteiger partial charge >= 0.3 is 13.6 Å². The minimum atomic E-state index is -3.45. The second-order valence-electron chi connectivity index (χ2n) is 7.27. The van der Waals surface area contributed by atoms with Gasteiger partial charge in [0.05, 0.1) is 34.7 Å². The van der Waals surface area contributed by atoms with E-state index >= 15 is 0 Å². The highest BCUT2D eigenvalue weighted by molar-refractivity contribution is 7.54. The fourth-order valence-electron chi connectivity index (χ4n) is 2.46. The smallest absolute Gasteiger partial charge is 0.434 e. The van der Waals surface area contributed by atoms with Gasteiger partial charge in [-0.15, -0.1) is 23.2 Å². The lowest BCUT2D eigenvalue weighted by Crippen LogP contribution is -3.00. The number of hydrogen-bond donors (Lipinski definition) is 1. The third-order valence-electron chi connectivity index (χ3n) is 3.99. The maximum atomic E-state index is 13.5. The van der Waals surface area contributed by atoms with Crippen molar-refractivity contribution in [3.8, 4) is 0 Å². The molecule has 0 aromatic carbocycles. The lowest BCUT2D eigenvalue weighted by atomic mass is 10.4. The summed E-state index contributed by atoms with van der Waals surface area (Å²) in [5.41, 5.74) is 0.441. The molecule has 1 heterocycles. The van der Waals surface area contributed by atoms with E-state index in [1.54, 1.807) is 4.67 Å². The molecule has 0 aliphatic rings. The Labute approximate surface area is 199 Å². The molecular formula is C15H30Cl2IN6O4P. The van der Waals surface area contributed by atoms with Crippen LogP contribution >= 0.6 is 30.9 Å². The number of quaternary nitrogens is 1. The second kappa shape index (κ2) is 13.4. The summed E-state index contributed by atoms with van der Waals surface area (Å²) in [6, 6.07) is 0. The zero-order chi connectivity index (χ0) is 21.4. The highest BCUT2D eigenvalue weighted by Gasteiger charge is 2.32. The SMILES string of the molecule is Cn1c(COP(=O)(NCCC[N+](C)(C)C)N(CCCl)CCCl)cnc1[N+](=O)[O-].[I-]. The predicted octanol–water partition coefficient (Wildman–Crippen LogP) is -0.577. The van der Waals surface area contributed by atoms with Crippen molar-refractivity contribution in [2.45, 2.75) is 13.0 Å². The van der Waals surface area contributed by atoms with Gasteiger partial charge in [-0.25, -0.2) is 14.3 Å². The number of hydrogen-bond acceptors (Lipinski definition) is 5. The molecule has 170 valence electrons. The third-order valence-corrected chi connectivity index (χ3v) is 6.57. The molecule has 1 aromatic heterocycles. The zero-order valence-electron chi connectivity index (χ0n) is 17.2. The highest BCUT2D eigenvalue weighted by Crippen LogP contribution is 2.47. The molecule has 0 saturated carbocycles. The molecule has 0 bridgehead atoms. The molecule has 0 spiro atoms. The standard InChI is InChI=1S/C15H30Cl2N6O4P.HI/c1-20-14(12-18-15(20)22(24)25)13-27-28(26,21(9-6-16)10-7-17)19-8-5-11-23(2,3)4;/h12H,5-11,13H2,1-4H3,(H,19,26);1H/q+1;/p-1. The molecule has 0 amide bonds. The van der Waals surface area contributed by atoms with E-state index in [0.717, 1.165) is 17.4 Å². The topological polar surface area (TPSA) is 103 Å². The fourth-order valence-corrected chi connectivity index (χ4v) is 5.04. The Morgan fingerprint density at radius 3 is 2.38 bits per heavy atom. The van der Waals surface area contributed by atoms with Crippen molar-refractivity contribution in [3.05, 3.63) is 22.0 Å². The van der Waals surface area contributed by atoms with E-state index in [1.807, 2.05) is 0 Å². The first kappa shape index (κ1) is 29.0. The van der Waals surface area contributed by atoms with E-state index in [-0.39, 0.29) is 48.3 Å². The fraction of sp³-hybridized carbons (Fsp3) is 0.800. The van der Waals surface area contributed by atoms with E-state index in [0.29, 0.717) is 25.3 Å². The first-order valence-electron chi connectivity index (χ1n) is 8.86. The van der Waals surface area contributed by atoms with Crippen LogP contribution in [0.15, 0.2) is 6.20 Å². The minimum Gasteiger partial charge on any atom is -1.00 e. The number of nitrogens with zero attached hydrogens (tertiary/aromatic N) is 5. The van der Waals surface area contributed by atoms with Crippen molar-refractivity contribution < 1.29 is 42.5 Å². The second-order valence-corrected chi connectivity index (χ2v) is 10.2. The zero-order valence-corrected chi connectivity index (χ0v) is 21.7. The number of nitrogens with one attached hydrogen (secondary N) is 1. The van der Waals surface area contributed by atoms with Crippen molar-refractivity contribution in [3.63, 3.8) is 0 Å². The Bertz CT molecular complexity index is 682. The summed E-state index contributed by atoms with van der Waals surface area (Å²) in [6.07, 6.45) is 2.14. The van der Waals surface area contributed by atoms with Crippen LogP contribution in [-0.2, 0) is 22.7 Å². The van der Waals surface area contributed by atoms with Crippen LogP contribution in [0.3, 0.4) is 0 Å². The van der Waals surface area contributed by atoms with Crippen molar-refractivity contribution >= 4 is 36.8 Å². The number of aromatic nitrogens is 2. The first-order chi connectivity index (χ1) is 13.0. The van der Waals surface area contributed by atoms with Crippen LogP contribution in [0.1, 0.15) is 12.1 Å². The molecule has 1 N–H and O–H groups in total. The van der Waals surface area contributed by atoms with Crippen LogP contribution in [0.25, 0.3) is 0 Å². The van der Waals surface area contributed by atoms with Crippen LogP contribution in [-0.4, -0.2) is 82.7 Å². The van der Waals surface area contributed by atoms with Crippen LogP contribution in [0.4, 0.5) is 5.95 Å². The average Bonchev–Trinajstić information content (AvgIpc) is 2.97. The predicted molar refractivity (Wildman–Crippen MR) is 111 cm³/mol. The lowest BCUT2D eigenvalue weighted by molar-refractivity contribution is -0.870. The molecule has 1 atom stereocenters. The quantitative estimate of drug-likeness (QED) is 0.0592. The molecule has 0 fully saturated rings. The summed E-state index contributed by atoms with van der Waals surface area (Å²) >= 11 is 11.7. The molecule has 0 saturated heterocycles. The van der Waals surface area contributed by atoms with Gasteiger partial charge < -0.3 is 38.6 Å². The van der Waals surface area contributed by atoms with Gasteiger partial charge in [0.15, 0.2) is 0 Å². The molecule has 1 unspecified atom stereocenters. The van der Waals surface area contributed by atoms with Crippen LogP contribution < -0.4 is 29.1 Å². The summed E-state index contributed by atoms with van der Waals surface area (Å²) in [4.78, 5) is 14.1. The molecule has 0 aliphatic heterocycles. The molecule has 1 rings (SSSR count). The normalized spacial score (nSPS) is 13.9. The minimum absolute atomic E-state index is 0. The number of halogens is 3. The number of nitro groups is 1. The summed E-state index contributed by atoms with van der Waals surface area (Å²) in [7, 11) is 4.31. The van der Waals surface area contributed by atoms with Crippen LogP contribution in [0.2, 0.25) is 0 Å². The molecule has 0 radical (unpaired) electrons. The summed E-state index contributed by atoms with van der Waals surface area (Å²) < 4.78 is 23.0.